The van der Waals surface area contributed by atoms with E-state index < -0.39 is 20.5 Å². The van der Waals surface area contributed by atoms with Crippen LogP contribution >= 0.6 is 11.8 Å². The molecule has 0 spiro atoms. The van der Waals surface area contributed by atoms with E-state index in [1.54, 1.807) is 12.1 Å². The third-order valence-electron chi connectivity index (χ3n) is 5.52. The van der Waals surface area contributed by atoms with E-state index in [4.69, 9.17) is 19.1 Å². The predicted molar refractivity (Wildman–Crippen MR) is 121 cm³/mol. The van der Waals surface area contributed by atoms with E-state index in [9.17, 15) is 13.2 Å². The number of fused-ring (bicyclic) bond motifs is 1. The Labute approximate surface area is 195 Å². The second-order valence-electron chi connectivity index (χ2n) is 7.52. The zero-order valence-electron chi connectivity index (χ0n) is 17.7. The van der Waals surface area contributed by atoms with Crippen LogP contribution in [0.4, 0.5) is 0 Å². The number of rotatable bonds is 9. The lowest BCUT2D eigenvalue weighted by molar-refractivity contribution is -0.134. The van der Waals surface area contributed by atoms with Crippen molar-refractivity contribution >= 4 is 38.6 Å². The van der Waals surface area contributed by atoms with E-state index in [2.05, 4.69) is 4.98 Å². The van der Waals surface area contributed by atoms with Gasteiger partial charge in [0.25, 0.3) is 11.1 Å². The molecule has 11 heteroatoms. The number of ether oxygens (including phenoxy) is 2. The van der Waals surface area contributed by atoms with E-state index in [1.807, 2.05) is 24.3 Å². The number of hydrogen-bond acceptors (Lipinski definition) is 9. The van der Waals surface area contributed by atoms with Gasteiger partial charge < -0.3 is 13.9 Å². The van der Waals surface area contributed by atoms with Gasteiger partial charge in [-0.15, -0.1) is 0 Å². The van der Waals surface area contributed by atoms with Crippen LogP contribution in [-0.2, 0) is 19.4 Å². The normalized spacial score (nSPS) is 15.9. The molecule has 1 amide bonds. The Morgan fingerprint density at radius 3 is 2.58 bits per heavy atom. The molecule has 1 aromatic heterocycles. The first kappa shape index (κ1) is 23.6. The lowest BCUT2D eigenvalue weighted by Gasteiger charge is -2.34. The van der Waals surface area contributed by atoms with Gasteiger partial charge in [0.15, 0.2) is 20.2 Å². The van der Waals surface area contributed by atoms with Crippen molar-refractivity contribution in [2.75, 3.05) is 25.6 Å². The molecule has 0 aliphatic carbocycles. The Balaban J connectivity index is 1.32. The van der Waals surface area contributed by atoms with E-state index >= 15 is 0 Å². The van der Waals surface area contributed by atoms with Crippen LogP contribution in [-0.4, -0.2) is 54.8 Å². The maximum atomic E-state index is 13.2. The highest BCUT2D eigenvalue weighted by molar-refractivity contribution is 7.99. The van der Waals surface area contributed by atoms with Crippen LogP contribution in [0.25, 0.3) is 11.1 Å². The summed E-state index contributed by atoms with van der Waals surface area (Å²) in [6, 6.07) is 13.5. The molecule has 2 heterocycles. The van der Waals surface area contributed by atoms with Gasteiger partial charge in [-0.3, -0.25) is 10.0 Å². The van der Waals surface area contributed by atoms with E-state index in [0.717, 1.165) is 23.3 Å². The molecule has 0 bridgehead atoms. The van der Waals surface area contributed by atoms with Crippen molar-refractivity contribution in [2.45, 2.75) is 34.1 Å². The van der Waals surface area contributed by atoms with Crippen molar-refractivity contribution in [3.05, 3.63) is 48.5 Å². The molecule has 2 N–H and O–H groups in total. The number of oxazole rings is 1. The van der Waals surface area contributed by atoms with E-state index in [-0.39, 0.29) is 31.0 Å². The van der Waals surface area contributed by atoms with Crippen LogP contribution in [0, 0.1) is 0 Å². The van der Waals surface area contributed by atoms with E-state index in [1.165, 1.54) is 29.4 Å². The van der Waals surface area contributed by atoms with E-state index in [0.29, 0.717) is 17.6 Å². The number of thioether (sulfide) groups is 1. The summed E-state index contributed by atoms with van der Waals surface area (Å²) in [5, 5.41) is 9.73. The zero-order valence-corrected chi connectivity index (χ0v) is 19.4. The zero-order chi connectivity index (χ0) is 23.3. The molecule has 2 aromatic carbocycles. The van der Waals surface area contributed by atoms with Crippen molar-refractivity contribution in [3.63, 3.8) is 0 Å². The fourth-order valence-electron chi connectivity index (χ4n) is 3.68. The van der Waals surface area contributed by atoms with Crippen LogP contribution in [0.1, 0.15) is 19.3 Å². The molecule has 1 saturated heterocycles. The van der Waals surface area contributed by atoms with Gasteiger partial charge >= 0.3 is 0 Å². The summed E-state index contributed by atoms with van der Waals surface area (Å²) in [5.41, 5.74) is 3.09. The first-order chi connectivity index (χ1) is 16.0. The molecule has 0 saturated carbocycles. The summed E-state index contributed by atoms with van der Waals surface area (Å²) in [6.45, 7) is 0.679. The number of hydrogen-bond donors (Lipinski definition) is 2. The summed E-state index contributed by atoms with van der Waals surface area (Å²) >= 11 is 1.50. The molecule has 33 heavy (non-hydrogen) atoms. The van der Waals surface area contributed by atoms with Gasteiger partial charge in [0.2, 0.25) is 0 Å². The standard InChI is InChI=1S/C22H24N2O7S2/c25-20(24-26)22(10-13-29-14-11-22)33(27,28)17-8-6-16(7-9-17)30-12-3-15-32-21-23-18-4-1-2-5-19(18)31-21/h1-2,4-9,26H,3,10-15H2,(H,24,25). The maximum absolute atomic E-state index is 13.2. The summed E-state index contributed by atoms with van der Waals surface area (Å²) in [4.78, 5) is 16.7. The van der Waals surface area contributed by atoms with Crippen molar-refractivity contribution < 1.29 is 32.3 Å². The van der Waals surface area contributed by atoms with Crippen molar-refractivity contribution in [1.82, 2.24) is 10.5 Å². The molecule has 1 fully saturated rings. The largest absolute Gasteiger partial charge is 0.494 e. The van der Waals surface area contributed by atoms with Gasteiger partial charge in [-0.1, -0.05) is 23.9 Å². The average Bonchev–Trinajstić information content (AvgIpc) is 3.27. The lowest BCUT2D eigenvalue weighted by Crippen LogP contribution is -2.54. The quantitative estimate of drug-likeness (QED) is 0.200. The van der Waals surface area contributed by atoms with Crippen molar-refractivity contribution in [2.24, 2.45) is 0 Å². The van der Waals surface area contributed by atoms with Gasteiger partial charge in [-0.2, -0.15) is 0 Å². The predicted octanol–water partition coefficient (Wildman–Crippen LogP) is 3.22. The monoisotopic (exact) mass is 492 g/mol. The minimum atomic E-state index is -4.05. The third-order valence-corrected chi connectivity index (χ3v) is 8.95. The summed E-state index contributed by atoms with van der Waals surface area (Å²) in [6.07, 6.45) is 0.679. The Morgan fingerprint density at radius 2 is 1.88 bits per heavy atom. The number of carbonyl (C=O) groups excluding carboxylic acids is 1. The van der Waals surface area contributed by atoms with Gasteiger partial charge in [0.05, 0.1) is 11.5 Å². The highest BCUT2D eigenvalue weighted by atomic mass is 32.2. The number of amides is 1. The second-order valence-corrected chi connectivity index (χ2v) is 10.8. The van der Waals surface area contributed by atoms with Crippen LogP contribution < -0.4 is 10.2 Å². The second kappa shape index (κ2) is 10.1. The Morgan fingerprint density at radius 1 is 1.15 bits per heavy atom. The molecule has 0 unspecified atom stereocenters. The molecule has 4 rings (SSSR count). The number of nitrogens with zero attached hydrogens (tertiary/aromatic N) is 1. The minimum Gasteiger partial charge on any atom is -0.494 e. The number of nitrogens with one attached hydrogen (secondary N) is 1. The molecule has 176 valence electrons. The smallest absolute Gasteiger partial charge is 0.265 e. The van der Waals surface area contributed by atoms with Crippen LogP contribution in [0.15, 0.2) is 63.1 Å². The first-order valence-corrected chi connectivity index (χ1v) is 12.9. The third kappa shape index (κ3) is 4.86. The molecule has 1 aliphatic heterocycles. The van der Waals surface area contributed by atoms with Crippen LogP contribution in [0.3, 0.4) is 0 Å². The topological polar surface area (TPSA) is 128 Å². The fraction of sp³-hybridized carbons (Fsp3) is 0.364. The van der Waals surface area contributed by atoms with Crippen LogP contribution in [0.2, 0.25) is 0 Å². The Bertz CT molecular complexity index is 1170. The first-order valence-electron chi connectivity index (χ1n) is 10.4. The number of para-hydroxylation sites is 2. The summed E-state index contributed by atoms with van der Waals surface area (Å²) in [5.74, 6) is 0.330. The molecule has 9 nitrogen and oxygen atoms in total. The average molecular weight is 493 g/mol. The number of benzene rings is 2. The molecular weight excluding hydrogens is 468 g/mol. The molecular formula is C22H24N2O7S2. The Hall–Kier alpha value is -2.60. The minimum absolute atomic E-state index is 0.00753. The molecule has 0 radical (unpaired) electrons. The number of aromatic nitrogens is 1. The SMILES string of the molecule is O=C(NO)C1(S(=O)(=O)c2ccc(OCCCSc3nc4ccccc4o3)cc2)CCOCC1. The summed E-state index contributed by atoms with van der Waals surface area (Å²) in [7, 11) is -4.05. The van der Waals surface area contributed by atoms with Crippen molar-refractivity contribution in [3.8, 4) is 5.75 Å². The van der Waals surface area contributed by atoms with Gasteiger partial charge in [-0.25, -0.2) is 18.9 Å². The lowest BCUT2D eigenvalue weighted by atomic mass is 9.98. The van der Waals surface area contributed by atoms with Gasteiger partial charge in [-0.05, 0) is 55.7 Å². The maximum Gasteiger partial charge on any atom is 0.265 e. The highest BCUT2D eigenvalue weighted by Gasteiger charge is 2.52. The molecule has 1 aliphatic rings. The number of sulfone groups is 1. The van der Waals surface area contributed by atoms with Gasteiger partial charge in [0.1, 0.15) is 11.3 Å². The number of carbonyl (C=O) groups is 1. The molecule has 3 aromatic rings. The highest BCUT2D eigenvalue weighted by Crippen LogP contribution is 2.35. The van der Waals surface area contributed by atoms with Crippen LogP contribution in [0.5, 0.6) is 5.75 Å². The molecule has 0 atom stereocenters. The van der Waals surface area contributed by atoms with Gasteiger partial charge in [0, 0.05) is 19.0 Å². The fourth-order valence-corrected chi connectivity index (χ4v) is 6.37. The number of hydroxylamine groups is 1. The summed E-state index contributed by atoms with van der Waals surface area (Å²) < 4.78 is 41.3. The van der Waals surface area contributed by atoms with Crippen molar-refractivity contribution in [1.29, 1.82) is 0 Å². The Kier molecular flexibility index (Phi) is 7.23.